The van der Waals surface area contributed by atoms with Crippen molar-refractivity contribution in [3.63, 3.8) is 0 Å². The maximum absolute atomic E-state index is 11.2. The average molecular weight is 318 g/mol. The van der Waals surface area contributed by atoms with Crippen molar-refractivity contribution in [3.05, 3.63) is 15.0 Å². The molecule has 0 amide bonds. The fourth-order valence-electron chi connectivity index (χ4n) is 3.15. The molecule has 1 saturated carbocycles. The van der Waals surface area contributed by atoms with Gasteiger partial charge in [0.25, 0.3) is 0 Å². The quantitative estimate of drug-likeness (QED) is 0.887. The van der Waals surface area contributed by atoms with Crippen molar-refractivity contribution >= 4 is 27.3 Å². The highest BCUT2D eigenvalue weighted by Gasteiger charge is 2.46. The SMILES string of the molecule is CC1CCC(C(C)C)C(O)(c2scnc2Br)C1. The van der Waals surface area contributed by atoms with Crippen molar-refractivity contribution in [1.29, 1.82) is 0 Å². The van der Waals surface area contributed by atoms with E-state index in [2.05, 4.69) is 41.7 Å². The topological polar surface area (TPSA) is 33.1 Å². The molecule has 17 heavy (non-hydrogen) atoms. The number of hydrogen-bond acceptors (Lipinski definition) is 3. The fraction of sp³-hybridized carbons (Fsp3) is 0.769. The molecule has 0 bridgehead atoms. The Bertz CT molecular complexity index is 393. The van der Waals surface area contributed by atoms with Gasteiger partial charge in [0, 0.05) is 0 Å². The Labute approximate surface area is 116 Å². The van der Waals surface area contributed by atoms with Crippen LogP contribution >= 0.6 is 27.3 Å². The van der Waals surface area contributed by atoms with Crippen LogP contribution in [0.25, 0.3) is 0 Å². The Hall–Kier alpha value is 0.0700. The predicted octanol–water partition coefficient (Wildman–Crippen LogP) is 4.19. The highest BCUT2D eigenvalue weighted by molar-refractivity contribution is 9.10. The molecule has 1 aliphatic rings. The van der Waals surface area contributed by atoms with Crippen LogP contribution in [0, 0.1) is 17.8 Å². The first-order valence-electron chi connectivity index (χ1n) is 6.27. The van der Waals surface area contributed by atoms with E-state index in [1.165, 1.54) is 6.42 Å². The minimum atomic E-state index is -0.689. The lowest BCUT2D eigenvalue weighted by atomic mass is 9.66. The molecule has 96 valence electrons. The number of thiazole rings is 1. The van der Waals surface area contributed by atoms with E-state index in [0.717, 1.165) is 22.3 Å². The Kier molecular flexibility index (Phi) is 3.96. The predicted molar refractivity (Wildman–Crippen MR) is 75.1 cm³/mol. The Morgan fingerprint density at radius 1 is 1.53 bits per heavy atom. The van der Waals surface area contributed by atoms with Gasteiger partial charge in [-0.2, -0.15) is 0 Å². The third-order valence-corrected chi connectivity index (χ3v) is 5.82. The molecule has 1 heterocycles. The molecule has 0 radical (unpaired) electrons. The van der Waals surface area contributed by atoms with Crippen LogP contribution < -0.4 is 0 Å². The highest BCUT2D eigenvalue weighted by atomic mass is 79.9. The molecular formula is C13H20BrNOS. The van der Waals surface area contributed by atoms with Gasteiger partial charge in [0.2, 0.25) is 0 Å². The van der Waals surface area contributed by atoms with Crippen molar-refractivity contribution in [3.8, 4) is 0 Å². The van der Waals surface area contributed by atoms with Crippen molar-refractivity contribution < 1.29 is 5.11 Å². The van der Waals surface area contributed by atoms with Gasteiger partial charge in [0.15, 0.2) is 0 Å². The summed E-state index contributed by atoms with van der Waals surface area (Å²) in [7, 11) is 0. The van der Waals surface area contributed by atoms with Crippen LogP contribution in [0.4, 0.5) is 0 Å². The van der Waals surface area contributed by atoms with E-state index in [4.69, 9.17) is 0 Å². The first-order valence-corrected chi connectivity index (χ1v) is 7.94. The number of halogens is 1. The molecule has 1 N–H and O–H groups in total. The van der Waals surface area contributed by atoms with Gasteiger partial charge in [0.1, 0.15) is 10.2 Å². The van der Waals surface area contributed by atoms with E-state index in [9.17, 15) is 5.11 Å². The summed E-state index contributed by atoms with van der Waals surface area (Å²) in [6.07, 6.45) is 3.19. The lowest BCUT2D eigenvalue weighted by molar-refractivity contribution is -0.0844. The first-order chi connectivity index (χ1) is 7.95. The van der Waals surface area contributed by atoms with E-state index in [1.54, 1.807) is 11.3 Å². The van der Waals surface area contributed by atoms with Crippen LogP contribution in [0.15, 0.2) is 10.1 Å². The Morgan fingerprint density at radius 3 is 2.76 bits per heavy atom. The molecule has 0 saturated heterocycles. The molecule has 1 aromatic heterocycles. The van der Waals surface area contributed by atoms with Gasteiger partial charge in [-0.05, 0) is 46.5 Å². The van der Waals surface area contributed by atoms with E-state index >= 15 is 0 Å². The highest BCUT2D eigenvalue weighted by Crippen LogP contribution is 2.49. The smallest absolute Gasteiger partial charge is 0.123 e. The van der Waals surface area contributed by atoms with Crippen LogP contribution in [0.2, 0.25) is 0 Å². The normalized spacial score (nSPS) is 34.2. The van der Waals surface area contributed by atoms with Crippen LogP contribution in [-0.2, 0) is 5.60 Å². The van der Waals surface area contributed by atoms with Gasteiger partial charge in [-0.25, -0.2) is 4.98 Å². The molecular weight excluding hydrogens is 298 g/mol. The van der Waals surface area contributed by atoms with Gasteiger partial charge in [-0.1, -0.05) is 27.2 Å². The monoisotopic (exact) mass is 317 g/mol. The van der Waals surface area contributed by atoms with Crippen LogP contribution in [0.3, 0.4) is 0 Å². The summed E-state index contributed by atoms with van der Waals surface area (Å²) in [5.41, 5.74) is 1.12. The second kappa shape index (κ2) is 4.98. The van der Waals surface area contributed by atoms with E-state index in [1.807, 2.05) is 5.51 Å². The van der Waals surface area contributed by atoms with Gasteiger partial charge in [-0.15, -0.1) is 11.3 Å². The van der Waals surface area contributed by atoms with Crippen LogP contribution in [-0.4, -0.2) is 10.1 Å². The molecule has 1 aliphatic carbocycles. The second-order valence-corrected chi connectivity index (χ2v) is 7.24. The number of aliphatic hydroxyl groups is 1. The van der Waals surface area contributed by atoms with Crippen molar-refractivity contribution in [2.45, 2.75) is 45.6 Å². The molecule has 1 fully saturated rings. The van der Waals surface area contributed by atoms with Gasteiger partial charge >= 0.3 is 0 Å². The largest absolute Gasteiger partial charge is 0.384 e. The maximum Gasteiger partial charge on any atom is 0.123 e. The number of aromatic nitrogens is 1. The molecule has 3 unspecified atom stereocenters. The first kappa shape index (κ1) is 13.5. The molecule has 0 spiro atoms. The minimum absolute atomic E-state index is 0.343. The molecule has 0 aliphatic heterocycles. The lowest BCUT2D eigenvalue weighted by Gasteiger charge is -2.44. The summed E-state index contributed by atoms with van der Waals surface area (Å²) in [4.78, 5) is 5.25. The van der Waals surface area contributed by atoms with Crippen LogP contribution in [0.5, 0.6) is 0 Å². The van der Waals surface area contributed by atoms with E-state index in [0.29, 0.717) is 17.8 Å². The zero-order valence-corrected chi connectivity index (χ0v) is 13.0. The zero-order valence-electron chi connectivity index (χ0n) is 10.6. The van der Waals surface area contributed by atoms with E-state index < -0.39 is 5.60 Å². The molecule has 3 atom stereocenters. The minimum Gasteiger partial charge on any atom is -0.384 e. The summed E-state index contributed by atoms with van der Waals surface area (Å²) in [6.45, 7) is 6.65. The Balaban J connectivity index is 2.39. The summed E-state index contributed by atoms with van der Waals surface area (Å²) >= 11 is 5.04. The second-order valence-electron chi connectivity index (χ2n) is 5.63. The van der Waals surface area contributed by atoms with Crippen molar-refractivity contribution in [2.75, 3.05) is 0 Å². The maximum atomic E-state index is 11.2. The zero-order chi connectivity index (χ0) is 12.6. The number of hydrogen-bond donors (Lipinski definition) is 1. The number of rotatable bonds is 2. The summed E-state index contributed by atoms with van der Waals surface area (Å²) in [5.74, 6) is 1.43. The average Bonchev–Trinajstić information content (AvgIpc) is 2.64. The molecule has 2 rings (SSSR count). The molecule has 2 nitrogen and oxygen atoms in total. The molecule has 4 heteroatoms. The summed E-state index contributed by atoms with van der Waals surface area (Å²) in [6, 6.07) is 0. The number of nitrogens with zero attached hydrogens (tertiary/aromatic N) is 1. The molecule has 0 aromatic carbocycles. The van der Waals surface area contributed by atoms with Gasteiger partial charge < -0.3 is 5.11 Å². The van der Waals surface area contributed by atoms with Crippen LogP contribution in [0.1, 0.15) is 44.9 Å². The summed E-state index contributed by atoms with van der Waals surface area (Å²) in [5, 5.41) is 11.2. The van der Waals surface area contributed by atoms with Gasteiger partial charge in [-0.3, -0.25) is 0 Å². The van der Waals surface area contributed by atoms with Crippen molar-refractivity contribution in [2.24, 2.45) is 17.8 Å². The van der Waals surface area contributed by atoms with Crippen molar-refractivity contribution in [1.82, 2.24) is 4.98 Å². The third kappa shape index (κ3) is 2.45. The standard InChI is InChI=1S/C13H20BrNOS/c1-8(2)10-5-4-9(3)6-13(10,16)11-12(14)15-7-17-11/h7-10,16H,4-6H2,1-3H3. The molecule has 1 aromatic rings. The fourth-order valence-corrected chi connectivity index (χ4v) is 4.86. The third-order valence-electron chi connectivity index (χ3n) is 3.97. The summed E-state index contributed by atoms with van der Waals surface area (Å²) < 4.78 is 0.824. The lowest BCUT2D eigenvalue weighted by Crippen LogP contribution is -2.42. The van der Waals surface area contributed by atoms with Gasteiger partial charge in [0.05, 0.1) is 10.4 Å². The Morgan fingerprint density at radius 2 is 2.24 bits per heavy atom. The van der Waals surface area contributed by atoms with E-state index in [-0.39, 0.29) is 0 Å².